The Hall–Kier alpha value is -2.38. The van der Waals surface area contributed by atoms with E-state index >= 15 is 0 Å². The molecule has 8 heteroatoms. The van der Waals surface area contributed by atoms with Gasteiger partial charge in [-0.1, -0.05) is 0 Å². The van der Waals surface area contributed by atoms with Gasteiger partial charge in [0.2, 0.25) is 5.76 Å². The number of hydrogen-bond donors (Lipinski definition) is 1. The van der Waals surface area contributed by atoms with Gasteiger partial charge < -0.3 is 9.52 Å². The molecule has 2 aromatic rings. The van der Waals surface area contributed by atoms with Crippen LogP contribution < -0.4 is 0 Å². The fourth-order valence-electron chi connectivity index (χ4n) is 1.55. The molecule has 0 unspecified atom stereocenters. The van der Waals surface area contributed by atoms with Crippen LogP contribution in [0.4, 0.5) is 22.0 Å². The van der Waals surface area contributed by atoms with Crippen molar-refractivity contribution in [3.8, 4) is 11.3 Å². The third-order valence-corrected chi connectivity index (χ3v) is 2.44. The summed E-state index contributed by atoms with van der Waals surface area (Å²) in [6.45, 7) is 0. The van der Waals surface area contributed by atoms with Crippen LogP contribution in [-0.4, -0.2) is 11.1 Å². The second-order valence-electron chi connectivity index (χ2n) is 3.79. The molecule has 0 radical (unpaired) electrons. The van der Waals surface area contributed by atoms with Gasteiger partial charge in [-0.15, -0.1) is 0 Å². The number of carboxylic acid groups (broad SMARTS) is 1. The van der Waals surface area contributed by atoms with Crippen LogP contribution >= 0.6 is 0 Å². The molecule has 1 aromatic carbocycles. The average molecular weight is 292 g/mol. The zero-order valence-electron chi connectivity index (χ0n) is 9.46. The fraction of sp³-hybridized carbons (Fsp3) is 0.0833. The maximum Gasteiger partial charge on any atom is 0.419 e. The number of benzene rings is 1. The molecule has 1 N–H and O–H groups in total. The van der Waals surface area contributed by atoms with Crippen molar-refractivity contribution in [2.45, 2.75) is 6.18 Å². The third-order valence-electron chi connectivity index (χ3n) is 2.44. The molecule has 0 spiro atoms. The zero-order chi connectivity index (χ0) is 15.1. The highest BCUT2D eigenvalue weighted by atomic mass is 19.4. The van der Waals surface area contributed by atoms with E-state index in [0.717, 1.165) is 6.07 Å². The van der Waals surface area contributed by atoms with Gasteiger partial charge in [-0.25, -0.2) is 13.6 Å². The minimum Gasteiger partial charge on any atom is -0.475 e. The number of furan rings is 1. The Balaban J connectivity index is 2.54. The van der Waals surface area contributed by atoms with E-state index in [-0.39, 0.29) is 5.56 Å². The van der Waals surface area contributed by atoms with Crippen LogP contribution in [0.2, 0.25) is 0 Å². The molecule has 3 nitrogen and oxygen atoms in total. The van der Waals surface area contributed by atoms with E-state index in [9.17, 15) is 26.7 Å². The van der Waals surface area contributed by atoms with Crippen molar-refractivity contribution in [2.75, 3.05) is 0 Å². The highest BCUT2D eigenvalue weighted by Crippen LogP contribution is 2.35. The van der Waals surface area contributed by atoms with E-state index in [0.29, 0.717) is 18.2 Å². The lowest BCUT2D eigenvalue weighted by atomic mass is 10.1. The molecule has 0 amide bonds. The minimum atomic E-state index is -4.93. The molecule has 20 heavy (non-hydrogen) atoms. The molecule has 0 aliphatic carbocycles. The van der Waals surface area contributed by atoms with Crippen LogP contribution in [0, 0.1) is 11.6 Å². The Bertz CT molecular complexity index is 672. The van der Waals surface area contributed by atoms with Crippen molar-refractivity contribution >= 4 is 5.97 Å². The lowest BCUT2D eigenvalue weighted by molar-refractivity contribution is -0.139. The van der Waals surface area contributed by atoms with Gasteiger partial charge in [-0.2, -0.15) is 13.2 Å². The van der Waals surface area contributed by atoms with Crippen molar-refractivity contribution in [2.24, 2.45) is 0 Å². The lowest BCUT2D eigenvalue weighted by Gasteiger charge is -2.08. The summed E-state index contributed by atoms with van der Waals surface area (Å²) in [4.78, 5) is 10.6. The Labute approximate surface area is 108 Å². The van der Waals surface area contributed by atoms with E-state index in [4.69, 9.17) is 5.11 Å². The molecular formula is C12H5F5O3. The topological polar surface area (TPSA) is 50.4 Å². The molecule has 0 atom stereocenters. The summed E-state index contributed by atoms with van der Waals surface area (Å²) in [6.07, 6.45) is -4.93. The monoisotopic (exact) mass is 292 g/mol. The van der Waals surface area contributed by atoms with Gasteiger partial charge >= 0.3 is 12.1 Å². The summed E-state index contributed by atoms with van der Waals surface area (Å²) >= 11 is 0. The SMILES string of the molecule is O=C(O)c1oc(-c2ccc(F)c(C(F)(F)F)c2)cc1F. The minimum absolute atomic E-state index is 0.287. The second-order valence-corrected chi connectivity index (χ2v) is 3.79. The first-order valence-corrected chi connectivity index (χ1v) is 5.10. The summed E-state index contributed by atoms with van der Waals surface area (Å²) < 4.78 is 68.4. The Morgan fingerprint density at radius 2 is 1.75 bits per heavy atom. The quantitative estimate of drug-likeness (QED) is 0.853. The third kappa shape index (κ3) is 2.49. The summed E-state index contributed by atoms with van der Waals surface area (Å²) in [5.74, 6) is -5.90. The standard InChI is InChI=1S/C12H5F5O3/c13-7-2-1-5(3-6(7)12(15,16)17)9-4-8(14)10(20-9)11(18)19/h1-4H,(H,18,19). The van der Waals surface area contributed by atoms with Gasteiger partial charge in [0, 0.05) is 11.6 Å². The molecule has 2 rings (SSSR count). The molecule has 0 fully saturated rings. The van der Waals surface area contributed by atoms with E-state index in [1.165, 1.54) is 0 Å². The lowest BCUT2D eigenvalue weighted by Crippen LogP contribution is -2.08. The van der Waals surface area contributed by atoms with Crippen LogP contribution in [0.15, 0.2) is 28.7 Å². The van der Waals surface area contributed by atoms with Crippen LogP contribution in [0.25, 0.3) is 11.3 Å². The first-order chi connectivity index (χ1) is 9.20. The number of halogens is 5. The highest BCUT2D eigenvalue weighted by molar-refractivity contribution is 5.85. The summed E-state index contributed by atoms with van der Waals surface area (Å²) in [6, 6.07) is 2.50. The summed E-state index contributed by atoms with van der Waals surface area (Å²) in [5.41, 5.74) is -1.84. The number of carbonyl (C=O) groups is 1. The van der Waals surface area contributed by atoms with Crippen molar-refractivity contribution in [3.63, 3.8) is 0 Å². The van der Waals surface area contributed by atoms with Gasteiger partial charge in [0.1, 0.15) is 11.6 Å². The molecular weight excluding hydrogens is 287 g/mol. The van der Waals surface area contributed by atoms with Gasteiger partial charge in [0.15, 0.2) is 5.82 Å². The Kier molecular flexibility index (Phi) is 3.24. The van der Waals surface area contributed by atoms with Gasteiger partial charge in [-0.05, 0) is 18.2 Å². The predicted molar refractivity (Wildman–Crippen MR) is 56.0 cm³/mol. The maximum absolute atomic E-state index is 13.2. The molecule has 0 saturated carbocycles. The van der Waals surface area contributed by atoms with Gasteiger partial charge in [0.25, 0.3) is 0 Å². The maximum atomic E-state index is 13.2. The number of carboxylic acids is 1. The summed E-state index contributed by atoms with van der Waals surface area (Å²) in [7, 11) is 0. The van der Waals surface area contributed by atoms with E-state index in [2.05, 4.69) is 4.42 Å². The summed E-state index contributed by atoms with van der Waals surface area (Å²) in [5, 5.41) is 8.58. The molecule has 0 aliphatic heterocycles. The number of aromatic carboxylic acids is 1. The highest BCUT2D eigenvalue weighted by Gasteiger charge is 2.34. The smallest absolute Gasteiger partial charge is 0.419 e. The molecule has 0 saturated heterocycles. The number of hydrogen-bond acceptors (Lipinski definition) is 2. The predicted octanol–water partition coefficient (Wildman–Crippen LogP) is 3.94. The molecule has 1 aromatic heterocycles. The van der Waals surface area contributed by atoms with Crippen LogP contribution in [0.5, 0.6) is 0 Å². The molecule has 0 aliphatic rings. The van der Waals surface area contributed by atoms with Crippen molar-refractivity contribution < 1.29 is 36.3 Å². The molecule has 106 valence electrons. The van der Waals surface area contributed by atoms with Crippen LogP contribution in [0.1, 0.15) is 16.1 Å². The van der Waals surface area contributed by atoms with E-state index in [1.54, 1.807) is 0 Å². The second kappa shape index (κ2) is 4.62. The molecule has 1 heterocycles. The Morgan fingerprint density at radius 3 is 2.25 bits per heavy atom. The average Bonchev–Trinajstić information content (AvgIpc) is 2.70. The Morgan fingerprint density at radius 1 is 1.10 bits per heavy atom. The molecule has 0 bridgehead atoms. The zero-order valence-corrected chi connectivity index (χ0v) is 9.46. The number of rotatable bonds is 2. The normalized spacial score (nSPS) is 11.7. The largest absolute Gasteiger partial charge is 0.475 e. The van der Waals surface area contributed by atoms with Gasteiger partial charge in [0.05, 0.1) is 5.56 Å². The van der Waals surface area contributed by atoms with Gasteiger partial charge in [-0.3, -0.25) is 0 Å². The van der Waals surface area contributed by atoms with E-state index in [1.807, 2.05) is 0 Å². The van der Waals surface area contributed by atoms with Crippen molar-refractivity contribution in [3.05, 3.63) is 47.2 Å². The first kappa shape index (κ1) is 14.0. The first-order valence-electron chi connectivity index (χ1n) is 5.10. The van der Waals surface area contributed by atoms with E-state index < -0.39 is 40.9 Å². The van der Waals surface area contributed by atoms with Crippen molar-refractivity contribution in [1.82, 2.24) is 0 Å². The van der Waals surface area contributed by atoms with Crippen LogP contribution in [-0.2, 0) is 6.18 Å². The number of alkyl halides is 3. The van der Waals surface area contributed by atoms with Crippen molar-refractivity contribution in [1.29, 1.82) is 0 Å². The van der Waals surface area contributed by atoms with Crippen LogP contribution in [0.3, 0.4) is 0 Å². The fourth-order valence-corrected chi connectivity index (χ4v) is 1.55.